The minimum Gasteiger partial charge on any atom is -0.490 e. The summed E-state index contributed by atoms with van der Waals surface area (Å²) in [5, 5.41) is 26.4. The Morgan fingerprint density at radius 3 is 2.29 bits per heavy atom. The number of amides is 2. The van der Waals surface area contributed by atoms with Crippen molar-refractivity contribution in [1.82, 2.24) is 0 Å². The Labute approximate surface area is 161 Å². The topological polar surface area (TPSA) is 131 Å². The monoisotopic (exact) mass is 387 g/mol. The first kappa shape index (κ1) is 20.8. The zero-order chi connectivity index (χ0) is 20.9. The fourth-order valence-corrected chi connectivity index (χ4v) is 2.33. The average molecular weight is 387 g/mol. The van der Waals surface area contributed by atoms with Gasteiger partial charge in [-0.25, -0.2) is 0 Å². The molecule has 148 valence electrons. The van der Waals surface area contributed by atoms with Gasteiger partial charge in [-0.05, 0) is 50.2 Å². The van der Waals surface area contributed by atoms with Gasteiger partial charge in [0.2, 0.25) is 5.91 Å². The molecule has 1 atom stereocenters. The van der Waals surface area contributed by atoms with E-state index in [4.69, 9.17) is 4.74 Å². The molecule has 2 aromatic carbocycles. The lowest BCUT2D eigenvalue weighted by Gasteiger charge is -2.22. The van der Waals surface area contributed by atoms with E-state index >= 15 is 0 Å². The van der Waals surface area contributed by atoms with Gasteiger partial charge in [0.25, 0.3) is 11.6 Å². The summed E-state index contributed by atoms with van der Waals surface area (Å²) in [6.07, 6.45) is 0. The van der Waals surface area contributed by atoms with Crippen LogP contribution in [0.4, 0.5) is 17.1 Å². The molecule has 3 N–H and O–H groups in total. The lowest BCUT2D eigenvalue weighted by molar-refractivity contribution is -0.385. The van der Waals surface area contributed by atoms with Crippen molar-refractivity contribution in [2.45, 2.75) is 26.4 Å². The molecule has 0 unspecified atom stereocenters. The number of aryl methyl sites for hydroxylation is 1. The predicted molar refractivity (Wildman–Crippen MR) is 103 cm³/mol. The van der Waals surface area contributed by atoms with E-state index in [1.807, 2.05) is 0 Å². The van der Waals surface area contributed by atoms with E-state index in [2.05, 4.69) is 10.6 Å². The highest BCUT2D eigenvalue weighted by Gasteiger charge is 2.31. The molecule has 9 heteroatoms. The van der Waals surface area contributed by atoms with Crippen molar-refractivity contribution in [1.29, 1.82) is 0 Å². The van der Waals surface area contributed by atoms with Crippen molar-refractivity contribution in [3.63, 3.8) is 0 Å². The lowest BCUT2D eigenvalue weighted by atomic mass is 10.1. The highest BCUT2D eigenvalue weighted by molar-refractivity contribution is 5.97. The number of benzene rings is 2. The van der Waals surface area contributed by atoms with Crippen LogP contribution in [0.15, 0.2) is 42.5 Å². The number of nitro groups is 1. The van der Waals surface area contributed by atoms with Crippen LogP contribution in [0.25, 0.3) is 0 Å². The number of nitrogens with zero attached hydrogens (tertiary/aromatic N) is 1. The second-order valence-corrected chi connectivity index (χ2v) is 6.48. The number of aliphatic hydroxyl groups is 1. The maximum atomic E-state index is 12.3. The zero-order valence-corrected chi connectivity index (χ0v) is 15.7. The summed E-state index contributed by atoms with van der Waals surface area (Å²) in [5.41, 5.74) is -0.592. The van der Waals surface area contributed by atoms with E-state index in [0.717, 1.165) is 0 Å². The molecular formula is C19H21N3O6. The summed E-state index contributed by atoms with van der Waals surface area (Å²) in [6.45, 7) is 3.93. The maximum absolute atomic E-state index is 12.3. The molecule has 2 amide bonds. The fourth-order valence-electron chi connectivity index (χ4n) is 2.33. The number of rotatable bonds is 7. The molecule has 0 fully saturated rings. The molecule has 0 aromatic heterocycles. The number of carbonyl (C=O) groups is 2. The van der Waals surface area contributed by atoms with Gasteiger partial charge in [0.05, 0.1) is 4.92 Å². The van der Waals surface area contributed by atoms with Crippen LogP contribution >= 0.6 is 0 Å². The number of nitrogens with one attached hydrogen (secondary N) is 2. The molecule has 28 heavy (non-hydrogen) atoms. The van der Waals surface area contributed by atoms with Gasteiger partial charge in [0.15, 0.2) is 5.60 Å². The lowest BCUT2D eigenvalue weighted by Crippen LogP contribution is -2.45. The minimum atomic E-state index is -1.84. The molecule has 0 spiro atoms. The second kappa shape index (κ2) is 8.49. The van der Waals surface area contributed by atoms with Crippen molar-refractivity contribution in [3.05, 3.63) is 58.1 Å². The average Bonchev–Trinajstić information content (AvgIpc) is 2.60. The Bertz CT molecular complexity index is 893. The number of ether oxygens (including phenoxy) is 1. The Balaban J connectivity index is 1.98. The molecule has 0 radical (unpaired) electrons. The van der Waals surface area contributed by atoms with Crippen molar-refractivity contribution in [2.24, 2.45) is 0 Å². The first-order valence-electron chi connectivity index (χ1n) is 8.38. The molecule has 2 rings (SSSR count). The van der Waals surface area contributed by atoms with E-state index in [1.54, 1.807) is 31.2 Å². The third kappa shape index (κ3) is 5.52. The first-order valence-corrected chi connectivity index (χ1v) is 8.38. The Morgan fingerprint density at radius 1 is 1.14 bits per heavy atom. The van der Waals surface area contributed by atoms with Crippen LogP contribution in [-0.4, -0.2) is 34.1 Å². The van der Waals surface area contributed by atoms with Gasteiger partial charge in [0.1, 0.15) is 12.4 Å². The molecule has 0 aliphatic heterocycles. The quantitative estimate of drug-likeness (QED) is 0.494. The van der Waals surface area contributed by atoms with Crippen LogP contribution < -0.4 is 15.4 Å². The molecule has 0 aliphatic carbocycles. The molecule has 0 heterocycles. The van der Waals surface area contributed by atoms with Gasteiger partial charge in [-0.1, -0.05) is 0 Å². The van der Waals surface area contributed by atoms with Crippen LogP contribution in [0, 0.1) is 17.0 Å². The summed E-state index contributed by atoms with van der Waals surface area (Å²) in [4.78, 5) is 33.7. The summed E-state index contributed by atoms with van der Waals surface area (Å²) in [6, 6.07) is 10.6. The van der Waals surface area contributed by atoms with E-state index in [-0.39, 0.29) is 18.2 Å². The normalized spacial score (nSPS) is 12.6. The van der Waals surface area contributed by atoms with Gasteiger partial charge in [-0.2, -0.15) is 0 Å². The van der Waals surface area contributed by atoms with Crippen molar-refractivity contribution in [3.8, 4) is 5.75 Å². The van der Waals surface area contributed by atoms with E-state index in [1.165, 1.54) is 32.0 Å². The van der Waals surface area contributed by atoms with Crippen LogP contribution in [0.2, 0.25) is 0 Å². The smallest absolute Gasteiger partial charge is 0.272 e. The minimum absolute atomic E-state index is 0.0594. The molecule has 9 nitrogen and oxygen atoms in total. The van der Waals surface area contributed by atoms with Gasteiger partial charge in [0, 0.05) is 29.9 Å². The van der Waals surface area contributed by atoms with Gasteiger partial charge >= 0.3 is 0 Å². The maximum Gasteiger partial charge on any atom is 0.272 e. The molecular weight excluding hydrogens is 366 g/mol. The highest BCUT2D eigenvalue weighted by atomic mass is 16.6. The summed E-state index contributed by atoms with van der Waals surface area (Å²) in [5.74, 6) is -0.501. The number of hydrogen-bond donors (Lipinski definition) is 3. The summed E-state index contributed by atoms with van der Waals surface area (Å²) >= 11 is 0. The predicted octanol–water partition coefficient (Wildman–Crippen LogP) is 2.63. The molecule has 0 aliphatic rings. The summed E-state index contributed by atoms with van der Waals surface area (Å²) < 4.78 is 5.45. The summed E-state index contributed by atoms with van der Waals surface area (Å²) in [7, 11) is 0. The third-order valence-corrected chi connectivity index (χ3v) is 3.84. The van der Waals surface area contributed by atoms with Gasteiger partial charge < -0.3 is 20.5 Å². The molecule has 0 saturated heterocycles. The van der Waals surface area contributed by atoms with Crippen LogP contribution in [-0.2, 0) is 9.59 Å². The number of carbonyl (C=O) groups excluding carboxylic acids is 2. The zero-order valence-electron chi connectivity index (χ0n) is 15.7. The largest absolute Gasteiger partial charge is 0.490 e. The van der Waals surface area contributed by atoms with Gasteiger partial charge in [-0.3, -0.25) is 19.7 Å². The number of anilines is 2. The van der Waals surface area contributed by atoms with Crippen molar-refractivity contribution in [2.75, 3.05) is 17.2 Å². The molecule has 2 aromatic rings. The Morgan fingerprint density at radius 2 is 1.75 bits per heavy atom. The fraction of sp³-hybridized carbons (Fsp3) is 0.263. The van der Waals surface area contributed by atoms with Crippen molar-refractivity contribution >= 4 is 28.9 Å². The molecule has 0 bridgehead atoms. The van der Waals surface area contributed by atoms with Crippen molar-refractivity contribution < 1.29 is 24.4 Å². The van der Waals surface area contributed by atoms with Crippen LogP contribution in [0.3, 0.4) is 0 Å². The Hall–Kier alpha value is -3.46. The van der Waals surface area contributed by atoms with E-state index in [0.29, 0.717) is 22.7 Å². The third-order valence-electron chi connectivity index (χ3n) is 3.84. The van der Waals surface area contributed by atoms with E-state index < -0.39 is 16.4 Å². The SMILES string of the molecule is CC(=O)Nc1ccc(OC[C@@](C)(O)C(=O)Nc2ccc([N+](=O)[O-])c(C)c2)cc1. The standard InChI is InChI=1S/C19H21N3O6/c1-12-10-15(6-9-17(12)22(26)27)21-18(24)19(3,25)11-28-16-7-4-14(5-8-16)20-13(2)23/h4-10,25H,11H2,1-3H3,(H,20,23)(H,21,24)/t19-/m1/s1. The van der Waals surface area contributed by atoms with Gasteiger partial charge in [-0.15, -0.1) is 0 Å². The second-order valence-electron chi connectivity index (χ2n) is 6.48. The van der Waals surface area contributed by atoms with Crippen LogP contribution in [0.1, 0.15) is 19.4 Å². The van der Waals surface area contributed by atoms with E-state index in [9.17, 15) is 24.8 Å². The van der Waals surface area contributed by atoms with Crippen LogP contribution in [0.5, 0.6) is 5.75 Å². The Kier molecular flexibility index (Phi) is 6.32. The first-order chi connectivity index (χ1) is 13.1. The highest BCUT2D eigenvalue weighted by Crippen LogP contribution is 2.23. The number of nitro benzene ring substituents is 1. The molecule has 0 saturated carbocycles. The number of hydrogen-bond acceptors (Lipinski definition) is 6.